The first-order valence-electron chi connectivity index (χ1n) is 5.75. The Hall–Kier alpha value is -1.40. The minimum absolute atomic E-state index is 0.0111. The number of nitrogen functional groups attached to an aromatic ring is 1. The molecule has 0 amide bonds. The maximum absolute atomic E-state index is 11.6. The smallest absolute Gasteiger partial charge is 0.349 e. The van der Waals surface area contributed by atoms with Gasteiger partial charge in [-0.3, -0.25) is 4.57 Å². The number of aliphatic hydroxyl groups excluding tert-OH is 2. The minimum atomic E-state index is -0.566. The van der Waals surface area contributed by atoms with Gasteiger partial charge in [0, 0.05) is 24.8 Å². The van der Waals surface area contributed by atoms with Gasteiger partial charge < -0.3 is 15.9 Å². The third-order valence-electron chi connectivity index (χ3n) is 3.41. The highest BCUT2D eigenvalue weighted by Gasteiger charge is 2.29. The number of anilines is 1. The fraction of sp³-hybridized carbons (Fsp3) is 0.636. The Balaban J connectivity index is 2.16. The van der Waals surface area contributed by atoms with E-state index in [9.17, 15) is 9.90 Å². The molecule has 1 saturated carbocycles. The molecule has 0 radical (unpaired) electrons. The summed E-state index contributed by atoms with van der Waals surface area (Å²) in [6, 6.07) is 1.51. The predicted molar refractivity (Wildman–Crippen MR) is 62.4 cm³/mol. The molecule has 0 bridgehead atoms. The quantitative estimate of drug-likeness (QED) is 0.647. The van der Waals surface area contributed by atoms with E-state index in [4.69, 9.17) is 10.8 Å². The van der Waals surface area contributed by atoms with Crippen LogP contribution >= 0.6 is 0 Å². The third kappa shape index (κ3) is 2.48. The van der Waals surface area contributed by atoms with Crippen LogP contribution in [0.25, 0.3) is 0 Å². The summed E-state index contributed by atoms with van der Waals surface area (Å²) in [5.74, 6) is 0.125. The van der Waals surface area contributed by atoms with Crippen LogP contribution in [0.1, 0.15) is 25.3 Å². The second-order valence-corrected chi connectivity index (χ2v) is 4.52. The molecule has 2 rings (SSSR count). The number of hydrogen-bond acceptors (Lipinski definition) is 5. The average molecular weight is 239 g/mol. The van der Waals surface area contributed by atoms with Crippen LogP contribution in [0, 0.1) is 5.92 Å². The van der Waals surface area contributed by atoms with Gasteiger partial charge in [0.15, 0.2) is 0 Å². The molecule has 0 saturated heterocycles. The first-order valence-corrected chi connectivity index (χ1v) is 5.75. The Morgan fingerprint density at radius 3 is 2.88 bits per heavy atom. The highest BCUT2D eigenvalue weighted by atomic mass is 16.3. The lowest BCUT2D eigenvalue weighted by Gasteiger charge is -2.32. The summed E-state index contributed by atoms with van der Waals surface area (Å²) in [6.07, 6.45) is 2.98. The van der Waals surface area contributed by atoms with E-state index in [1.807, 2.05) is 0 Å². The topological polar surface area (TPSA) is 101 Å². The maximum Gasteiger partial charge on any atom is 0.349 e. The van der Waals surface area contributed by atoms with Crippen LogP contribution in [0.15, 0.2) is 17.1 Å². The number of aliphatic hydroxyl groups is 2. The molecular formula is C11H17N3O3. The highest BCUT2D eigenvalue weighted by molar-refractivity contribution is 5.23. The lowest BCUT2D eigenvalue weighted by molar-refractivity contribution is 0.0176. The van der Waals surface area contributed by atoms with Crippen LogP contribution in [0.5, 0.6) is 0 Å². The van der Waals surface area contributed by atoms with Gasteiger partial charge in [-0.2, -0.15) is 4.98 Å². The molecule has 1 aliphatic carbocycles. The molecule has 1 fully saturated rings. The Morgan fingerprint density at radius 2 is 2.29 bits per heavy atom. The molecular weight excluding hydrogens is 222 g/mol. The van der Waals surface area contributed by atoms with Gasteiger partial charge in [0.05, 0.1) is 6.10 Å². The predicted octanol–water partition coefficient (Wildman–Crippen LogP) is -0.480. The molecule has 1 aromatic rings. The highest BCUT2D eigenvalue weighted by Crippen LogP contribution is 2.31. The SMILES string of the molecule is Nc1ccn([C@H]2CC[C@H](CO)[C@@H](O)C2)c(=O)n1. The molecule has 1 aromatic heterocycles. The van der Waals surface area contributed by atoms with Crippen molar-refractivity contribution in [2.75, 3.05) is 12.3 Å². The molecule has 1 aliphatic rings. The van der Waals surface area contributed by atoms with E-state index in [1.165, 1.54) is 4.57 Å². The number of nitrogens with zero attached hydrogens (tertiary/aromatic N) is 2. The fourth-order valence-corrected chi connectivity index (χ4v) is 2.36. The maximum atomic E-state index is 11.6. The van der Waals surface area contributed by atoms with Crippen molar-refractivity contribution in [2.24, 2.45) is 5.92 Å². The average Bonchev–Trinajstić information content (AvgIpc) is 2.29. The summed E-state index contributed by atoms with van der Waals surface area (Å²) >= 11 is 0. The summed E-state index contributed by atoms with van der Waals surface area (Å²) in [5, 5.41) is 18.9. The largest absolute Gasteiger partial charge is 0.396 e. The monoisotopic (exact) mass is 239 g/mol. The van der Waals surface area contributed by atoms with Crippen molar-refractivity contribution in [3.8, 4) is 0 Å². The van der Waals surface area contributed by atoms with E-state index in [1.54, 1.807) is 12.3 Å². The van der Waals surface area contributed by atoms with Gasteiger partial charge in [-0.05, 0) is 25.3 Å². The molecule has 94 valence electrons. The summed E-state index contributed by atoms with van der Waals surface area (Å²) < 4.78 is 1.51. The van der Waals surface area contributed by atoms with E-state index in [2.05, 4.69) is 4.98 Å². The van der Waals surface area contributed by atoms with Crippen LogP contribution < -0.4 is 11.4 Å². The molecule has 0 unspecified atom stereocenters. The molecule has 3 atom stereocenters. The normalized spacial score (nSPS) is 29.2. The molecule has 6 heteroatoms. The van der Waals surface area contributed by atoms with Gasteiger partial charge in [0.25, 0.3) is 0 Å². The van der Waals surface area contributed by atoms with E-state index in [0.717, 1.165) is 6.42 Å². The van der Waals surface area contributed by atoms with Gasteiger partial charge in [-0.1, -0.05) is 0 Å². The molecule has 0 spiro atoms. The standard InChI is InChI=1S/C11H17N3O3/c12-10-3-4-14(11(17)13-10)8-2-1-7(6-15)9(16)5-8/h3-4,7-9,15-16H,1-2,5-6H2,(H2,12,13,17)/t7-,8+,9+/m1/s1. The zero-order chi connectivity index (χ0) is 12.4. The zero-order valence-corrected chi connectivity index (χ0v) is 9.49. The second-order valence-electron chi connectivity index (χ2n) is 4.52. The Kier molecular flexibility index (Phi) is 3.44. The molecule has 6 nitrogen and oxygen atoms in total. The van der Waals surface area contributed by atoms with Crippen LogP contribution in [0.4, 0.5) is 5.82 Å². The summed E-state index contributed by atoms with van der Waals surface area (Å²) in [7, 11) is 0. The van der Waals surface area contributed by atoms with Crippen molar-refractivity contribution in [3.63, 3.8) is 0 Å². The van der Waals surface area contributed by atoms with E-state index in [0.29, 0.717) is 12.8 Å². The van der Waals surface area contributed by atoms with Crippen LogP contribution in [-0.4, -0.2) is 32.5 Å². The van der Waals surface area contributed by atoms with Crippen molar-refractivity contribution in [2.45, 2.75) is 31.4 Å². The lowest BCUT2D eigenvalue weighted by atomic mass is 9.84. The van der Waals surface area contributed by atoms with Gasteiger partial charge >= 0.3 is 5.69 Å². The van der Waals surface area contributed by atoms with Crippen LogP contribution in [0.2, 0.25) is 0 Å². The van der Waals surface area contributed by atoms with Gasteiger partial charge in [0.1, 0.15) is 5.82 Å². The van der Waals surface area contributed by atoms with Crippen molar-refractivity contribution in [1.29, 1.82) is 0 Å². The second kappa shape index (κ2) is 4.85. The number of aromatic nitrogens is 2. The van der Waals surface area contributed by atoms with Crippen molar-refractivity contribution >= 4 is 5.82 Å². The van der Waals surface area contributed by atoms with Gasteiger partial charge in [0.2, 0.25) is 0 Å². The zero-order valence-electron chi connectivity index (χ0n) is 9.49. The Morgan fingerprint density at radius 1 is 1.53 bits per heavy atom. The molecule has 4 N–H and O–H groups in total. The summed E-state index contributed by atoms with van der Waals surface area (Å²) in [5.41, 5.74) is 5.04. The van der Waals surface area contributed by atoms with Gasteiger partial charge in [-0.25, -0.2) is 4.79 Å². The first kappa shape index (κ1) is 12.1. The van der Waals surface area contributed by atoms with Crippen molar-refractivity contribution in [1.82, 2.24) is 9.55 Å². The molecule has 1 heterocycles. The van der Waals surface area contributed by atoms with Crippen molar-refractivity contribution in [3.05, 3.63) is 22.7 Å². The minimum Gasteiger partial charge on any atom is -0.396 e. The van der Waals surface area contributed by atoms with Crippen LogP contribution in [0.3, 0.4) is 0 Å². The van der Waals surface area contributed by atoms with Crippen molar-refractivity contribution < 1.29 is 10.2 Å². The Bertz CT molecular complexity index is 446. The van der Waals surface area contributed by atoms with Crippen LogP contribution in [-0.2, 0) is 0 Å². The van der Waals surface area contributed by atoms with E-state index in [-0.39, 0.29) is 30.1 Å². The van der Waals surface area contributed by atoms with Gasteiger partial charge in [-0.15, -0.1) is 0 Å². The fourth-order valence-electron chi connectivity index (χ4n) is 2.36. The lowest BCUT2D eigenvalue weighted by Crippen LogP contribution is -2.36. The Labute approximate surface area is 98.7 Å². The number of nitrogens with two attached hydrogens (primary N) is 1. The van der Waals surface area contributed by atoms with E-state index < -0.39 is 6.10 Å². The molecule has 0 aliphatic heterocycles. The number of hydrogen-bond donors (Lipinski definition) is 3. The summed E-state index contributed by atoms with van der Waals surface area (Å²) in [6.45, 7) is -0.0111. The van der Waals surface area contributed by atoms with E-state index >= 15 is 0 Å². The molecule has 17 heavy (non-hydrogen) atoms. The summed E-state index contributed by atoms with van der Waals surface area (Å²) in [4.78, 5) is 15.3. The number of rotatable bonds is 2. The third-order valence-corrected chi connectivity index (χ3v) is 3.41. The first-order chi connectivity index (χ1) is 8.11. The molecule has 0 aromatic carbocycles.